The molecule has 2 N–H and O–H groups in total. The average Bonchev–Trinajstić information content (AvgIpc) is 2.60. The zero-order valence-electron chi connectivity index (χ0n) is 12.7. The van der Waals surface area contributed by atoms with Crippen LogP contribution in [0.2, 0.25) is 0 Å². The van der Waals surface area contributed by atoms with Crippen LogP contribution in [0.5, 0.6) is 0 Å². The molecule has 2 heterocycles. The first-order valence-corrected chi connectivity index (χ1v) is 6.99. The van der Waals surface area contributed by atoms with Gasteiger partial charge in [-0.15, -0.1) is 0 Å². The fourth-order valence-electron chi connectivity index (χ4n) is 1.75. The van der Waals surface area contributed by atoms with E-state index in [4.69, 9.17) is 10.4 Å². The van der Waals surface area contributed by atoms with Crippen molar-refractivity contribution in [2.24, 2.45) is 10.3 Å². The summed E-state index contributed by atoms with van der Waals surface area (Å²) in [7, 11) is 0. The van der Waals surface area contributed by atoms with Crippen LogP contribution in [-0.4, -0.2) is 31.8 Å². The molecule has 6 heteroatoms. The Balaban J connectivity index is 0.000000220. The van der Waals surface area contributed by atoms with Gasteiger partial charge in [0.15, 0.2) is 0 Å². The van der Waals surface area contributed by atoms with Crippen molar-refractivity contribution in [3.8, 4) is 0 Å². The molecule has 2 aromatic heterocycles. The minimum atomic E-state index is 0.687. The molecule has 0 aliphatic rings. The quantitative estimate of drug-likeness (QED) is 0.514. The van der Waals surface area contributed by atoms with E-state index in [2.05, 4.69) is 20.3 Å². The fraction of sp³-hybridized carbons (Fsp3) is 0.250. The zero-order chi connectivity index (χ0) is 16.2. The molecule has 2 aromatic rings. The van der Waals surface area contributed by atoms with E-state index in [1.165, 1.54) is 0 Å². The van der Waals surface area contributed by atoms with Crippen molar-refractivity contribution in [2.75, 3.05) is 0 Å². The van der Waals surface area contributed by atoms with E-state index >= 15 is 0 Å². The third-order valence-electron chi connectivity index (χ3n) is 2.94. The molecule has 2 rings (SSSR count). The van der Waals surface area contributed by atoms with Crippen molar-refractivity contribution in [2.45, 2.75) is 26.7 Å². The van der Waals surface area contributed by atoms with Gasteiger partial charge in [0.2, 0.25) is 0 Å². The predicted molar refractivity (Wildman–Crippen MR) is 85.7 cm³/mol. The van der Waals surface area contributed by atoms with Crippen LogP contribution in [0.3, 0.4) is 0 Å². The molecule has 116 valence electrons. The largest absolute Gasteiger partial charge is 0.411 e. The predicted octanol–water partition coefficient (Wildman–Crippen LogP) is 3.34. The van der Waals surface area contributed by atoms with Gasteiger partial charge in [-0.2, -0.15) is 0 Å². The second-order valence-electron chi connectivity index (χ2n) is 4.27. The standard InChI is InChI=1S/2C8H10N2O/c2*1-2-8(10-11)7-3-5-9-6-4-7/h2*3-6,11H,2H2,1H3/b2*10-8+. The van der Waals surface area contributed by atoms with Crippen LogP contribution in [-0.2, 0) is 0 Å². The summed E-state index contributed by atoms with van der Waals surface area (Å²) in [4.78, 5) is 7.72. The average molecular weight is 300 g/mol. The SMILES string of the molecule is CC/C(=N\O)c1ccncc1.CC/C(=N\O)c1ccncc1. The molecule has 0 radical (unpaired) electrons. The summed E-state index contributed by atoms with van der Waals surface area (Å²) < 4.78 is 0. The molecule has 0 bridgehead atoms. The molecular formula is C16H20N4O2. The van der Waals surface area contributed by atoms with Crippen LogP contribution in [0, 0.1) is 0 Å². The number of oxime groups is 2. The summed E-state index contributed by atoms with van der Waals surface area (Å²) >= 11 is 0. The van der Waals surface area contributed by atoms with E-state index in [0.717, 1.165) is 24.0 Å². The zero-order valence-corrected chi connectivity index (χ0v) is 12.7. The van der Waals surface area contributed by atoms with Gasteiger partial charge >= 0.3 is 0 Å². The van der Waals surface area contributed by atoms with Crippen molar-refractivity contribution in [3.63, 3.8) is 0 Å². The van der Waals surface area contributed by atoms with E-state index in [1.54, 1.807) is 24.8 Å². The Morgan fingerprint density at radius 2 is 1.09 bits per heavy atom. The molecule has 0 saturated heterocycles. The lowest BCUT2D eigenvalue weighted by molar-refractivity contribution is 0.318. The van der Waals surface area contributed by atoms with Crippen LogP contribution in [0.15, 0.2) is 59.4 Å². The normalized spacial score (nSPS) is 11.5. The smallest absolute Gasteiger partial charge is 0.0866 e. The fourth-order valence-corrected chi connectivity index (χ4v) is 1.75. The molecule has 0 fully saturated rings. The molecule has 0 aromatic carbocycles. The lowest BCUT2D eigenvalue weighted by Gasteiger charge is -1.98. The number of pyridine rings is 2. The van der Waals surface area contributed by atoms with Crippen molar-refractivity contribution in [1.29, 1.82) is 0 Å². The molecular weight excluding hydrogens is 280 g/mol. The molecule has 22 heavy (non-hydrogen) atoms. The van der Waals surface area contributed by atoms with Gasteiger partial charge in [0.1, 0.15) is 0 Å². The molecule has 0 saturated carbocycles. The maximum Gasteiger partial charge on any atom is 0.0866 e. The van der Waals surface area contributed by atoms with Gasteiger partial charge in [0.05, 0.1) is 11.4 Å². The van der Waals surface area contributed by atoms with Crippen LogP contribution in [0.4, 0.5) is 0 Å². The Hall–Kier alpha value is -2.76. The van der Waals surface area contributed by atoms with Crippen molar-refractivity contribution in [3.05, 3.63) is 60.2 Å². The Morgan fingerprint density at radius 1 is 0.773 bits per heavy atom. The summed E-state index contributed by atoms with van der Waals surface area (Å²) in [5.41, 5.74) is 3.22. The number of rotatable bonds is 4. The highest BCUT2D eigenvalue weighted by atomic mass is 16.4. The van der Waals surface area contributed by atoms with E-state index < -0.39 is 0 Å². The second-order valence-corrected chi connectivity index (χ2v) is 4.27. The van der Waals surface area contributed by atoms with Crippen molar-refractivity contribution >= 4 is 11.4 Å². The van der Waals surface area contributed by atoms with Gasteiger partial charge < -0.3 is 10.4 Å². The van der Waals surface area contributed by atoms with Crippen LogP contribution in [0.25, 0.3) is 0 Å². The maximum atomic E-state index is 8.55. The number of hydrogen-bond acceptors (Lipinski definition) is 6. The topological polar surface area (TPSA) is 91.0 Å². The highest BCUT2D eigenvalue weighted by Crippen LogP contribution is 2.02. The Kier molecular flexibility index (Phi) is 7.89. The maximum absolute atomic E-state index is 8.55. The lowest BCUT2D eigenvalue weighted by atomic mass is 10.1. The number of hydrogen-bond donors (Lipinski definition) is 2. The van der Waals surface area contributed by atoms with Gasteiger partial charge in [-0.05, 0) is 37.1 Å². The third-order valence-corrected chi connectivity index (χ3v) is 2.94. The summed E-state index contributed by atoms with van der Waals surface area (Å²) in [6, 6.07) is 7.27. The van der Waals surface area contributed by atoms with Gasteiger partial charge in [-0.25, -0.2) is 0 Å². The monoisotopic (exact) mass is 300 g/mol. The molecule has 0 amide bonds. The Morgan fingerprint density at radius 3 is 1.32 bits per heavy atom. The van der Waals surface area contributed by atoms with Crippen LogP contribution in [0.1, 0.15) is 37.8 Å². The second kappa shape index (κ2) is 10.0. The molecule has 0 aliphatic carbocycles. The highest BCUT2D eigenvalue weighted by molar-refractivity contribution is 6.00. The molecule has 0 aliphatic heterocycles. The van der Waals surface area contributed by atoms with Gasteiger partial charge in [-0.3, -0.25) is 9.97 Å². The molecule has 0 spiro atoms. The summed E-state index contributed by atoms with van der Waals surface area (Å²) in [6.45, 7) is 3.88. The molecule has 6 nitrogen and oxygen atoms in total. The lowest BCUT2D eigenvalue weighted by Crippen LogP contribution is -1.97. The third kappa shape index (κ3) is 5.32. The number of nitrogens with zero attached hydrogens (tertiary/aromatic N) is 4. The Bertz CT molecular complexity index is 543. The van der Waals surface area contributed by atoms with Gasteiger partial charge in [-0.1, -0.05) is 24.2 Å². The number of aromatic nitrogens is 2. The van der Waals surface area contributed by atoms with Crippen LogP contribution >= 0.6 is 0 Å². The first kappa shape index (κ1) is 17.3. The van der Waals surface area contributed by atoms with E-state index in [9.17, 15) is 0 Å². The first-order chi connectivity index (χ1) is 10.8. The van der Waals surface area contributed by atoms with Gasteiger partial charge in [0.25, 0.3) is 0 Å². The highest BCUT2D eigenvalue weighted by Gasteiger charge is 1.99. The summed E-state index contributed by atoms with van der Waals surface area (Å²) in [5, 5.41) is 23.4. The molecule has 0 unspecified atom stereocenters. The van der Waals surface area contributed by atoms with E-state index in [-0.39, 0.29) is 0 Å². The van der Waals surface area contributed by atoms with Crippen molar-refractivity contribution in [1.82, 2.24) is 9.97 Å². The van der Waals surface area contributed by atoms with E-state index in [0.29, 0.717) is 11.4 Å². The van der Waals surface area contributed by atoms with Gasteiger partial charge in [0, 0.05) is 35.9 Å². The summed E-state index contributed by atoms with van der Waals surface area (Å²) in [6.07, 6.45) is 8.15. The summed E-state index contributed by atoms with van der Waals surface area (Å²) in [5.74, 6) is 0. The minimum Gasteiger partial charge on any atom is -0.411 e. The first-order valence-electron chi connectivity index (χ1n) is 6.99. The van der Waals surface area contributed by atoms with E-state index in [1.807, 2.05) is 38.1 Å². The van der Waals surface area contributed by atoms with Crippen molar-refractivity contribution < 1.29 is 10.4 Å². The Labute approximate surface area is 129 Å². The molecule has 0 atom stereocenters. The minimum absolute atomic E-state index is 0.687. The van der Waals surface area contributed by atoms with Crippen LogP contribution < -0.4 is 0 Å².